The molecule has 28 heavy (non-hydrogen) atoms. The van der Waals surface area contributed by atoms with Crippen LogP contribution in [0.15, 0.2) is 48.5 Å². The molecule has 0 heterocycles. The number of methoxy groups -OCH3 is 1. The van der Waals surface area contributed by atoms with Gasteiger partial charge in [-0.2, -0.15) is 0 Å². The van der Waals surface area contributed by atoms with Gasteiger partial charge in [0.15, 0.2) is 0 Å². The monoisotopic (exact) mass is 382 g/mol. The van der Waals surface area contributed by atoms with Crippen molar-refractivity contribution < 1.29 is 19.1 Å². The highest BCUT2D eigenvalue weighted by Crippen LogP contribution is 2.40. The molecular formula is C22H26N2O4. The second-order valence-electron chi connectivity index (χ2n) is 7.13. The zero-order valence-electron chi connectivity index (χ0n) is 16.4. The molecule has 0 aliphatic heterocycles. The molecule has 1 fully saturated rings. The predicted octanol–water partition coefficient (Wildman–Crippen LogP) is 3.37. The molecule has 6 nitrogen and oxygen atoms in total. The van der Waals surface area contributed by atoms with Crippen molar-refractivity contribution in [3.8, 4) is 11.5 Å². The predicted molar refractivity (Wildman–Crippen MR) is 107 cm³/mol. The Labute approximate surface area is 165 Å². The van der Waals surface area contributed by atoms with Crippen molar-refractivity contribution >= 4 is 17.5 Å². The Hall–Kier alpha value is -3.02. The van der Waals surface area contributed by atoms with Gasteiger partial charge >= 0.3 is 0 Å². The first-order valence-electron chi connectivity index (χ1n) is 9.45. The van der Waals surface area contributed by atoms with Crippen LogP contribution >= 0.6 is 0 Å². The van der Waals surface area contributed by atoms with E-state index in [4.69, 9.17) is 9.47 Å². The van der Waals surface area contributed by atoms with Gasteiger partial charge in [-0.1, -0.05) is 30.3 Å². The highest BCUT2D eigenvalue weighted by atomic mass is 16.5. The van der Waals surface area contributed by atoms with E-state index in [0.29, 0.717) is 24.4 Å². The topological polar surface area (TPSA) is 76.7 Å². The summed E-state index contributed by atoms with van der Waals surface area (Å²) in [5, 5.41) is 5.79. The molecule has 0 spiro atoms. The number of rotatable bonds is 8. The Morgan fingerprint density at radius 3 is 2.36 bits per heavy atom. The van der Waals surface area contributed by atoms with Gasteiger partial charge in [-0.15, -0.1) is 0 Å². The van der Waals surface area contributed by atoms with Gasteiger partial charge in [0, 0.05) is 12.1 Å². The molecule has 0 aromatic heterocycles. The zero-order chi connectivity index (χ0) is 20.1. The van der Waals surface area contributed by atoms with Crippen LogP contribution in [0.1, 0.15) is 25.8 Å². The molecule has 1 aliphatic carbocycles. The van der Waals surface area contributed by atoms with Crippen molar-refractivity contribution in [3.63, 3.8) is 0 Å². The minimum absolute atomic E-state index is 0.00693. The number of amides is 2. The van der Waals surface area contributed by atoms with E-state index in [1.165, 1.54) is 0 Å². The molecule has 1 saturated carbocycles. The molecule has 2 N–H and O–H groups in total. The van der Waals surface area contributed by atoms with Gasteiger partial charge < -0.3 is 20.1 Å². The lowest BCUT2D eigenvalue weighted by Crippen LogP contribution is -2.27. The van der Waals surface area contributed by atoms with E-state index in [9.17, 15) is 9.59 Å². The third-order valence-electron chi connectivity index (χ3n) is 4.62. The summed E-state index contributed by atoms with van der Waals surface area (Å²) >= 11 is 0. The number of nitrogens with one attached hydrogen (secondary N) is 2. The summed E-state index contributed by atoms with van der Waals surface area (Å²) in [6.45, 7) is 4.24. The zero-order valence-corrected chi connectivity index (χ0v) is 16.4. The third kappa shape index (κ3) is 4.82. The second-order valence-corrected chi connectivity index (χ2v) is 7.13. The maximum absolute atomic E-state index is 12.5. The molecule has 0 radical (unpaired) electrons. The molecule has 2 unspecified atom stereocenters. The summed E-state index contributed by atoms with van der Waals surface area (Å²) in [7, 11) is 1.60. The lowest BCUT2D eigenvalue weighted by atomic mass is 10.2. The molecule has 0 saturated heterocycles. The van der Waals surface area contributed by atoms with E-state index in [2.05, 4.69) is 10.6 Å². The Bertz CT molecular complexity index is 850. The highest BCUT2D eigenvalue weighted by molar-refractivity contribution is 6.00. The van der Waals surface area contributed by atoms with Crippen LogP contribution in [0.5, 0.6) is 11.5 Å². The lowest BCUT2D eigenvalue weighted by molar-refractivity contribution is -0.125. The van der Waals surface area contributed by atoms with Crippen LogP contribution in [0, 0.1) is 11.8 Å². The fourth-order valence-corrected chi connectivity index (χ4v) is 3.09. The molecule has 3 rings (SSSR count). The Balaban J connectivity index is 1.53. The Morgan fingerprint density at radius 2 is 1.64 bits per heavy atom. The minimum Gasteiger partial charge on any atom is -0.496 e. The normalized spacial score (nSPS) is 17.7. The largest absolute Gasteiger partial charge is 0.496 e. The van der Waals surface area contributed by atoms with E-state index in [0.717, 1.165) is 11.3 Å². The maximum Gasteiger partial charge on any atom is 0.228 e. The van der Waals surface area contributed by atoms with Gasteiger partial charge in [0.1, 0.15) is 11.5 Å². The summed E-state index contributed by atoms with van der Waals surface area (Å²) in [5.41, 5.74) is 1.53. The lowest BCUT2D eigenvalue weighted by Gasteiger charge is -2.14. The average Bonchev–Trinajstić information content (AvgIpc) is 3.48. The van der Waals surface area contributed by atoms with Crippen LogP contribution in [-0.4, -0.2) is 25.0 Å². The molecule has 2 aromatic rings. The summed E-state index contributed by atoms with van der Waals surface area (Å²) in [6, 6.07) is 14.9. The van der Waals surface area contributed by atoms with E-state index in [1.54, 1.807) is 13.2 Å². The number of hydrogen-bond donors (Lipinski definition) is 2. The van der Waals surface area contributed by atoms with Crippen molar-refractivity contribution in [1.29, 1.82) is 0 Å². The standard InChI is InChI=1S/C22H26N2O4/c1-14(2)28-20-11-7-5-9-18(20)24-22(26)17-12-16(17)21(25)23-13-15-8-4-6-10-19(15)27-3/h4-11,14,16-17H,12-13H2,1-3H3,(H,23,25)(H,24,26). The first-order chi connectivity index (χ1) is 13.5. The van der Waals surface area contributed by atoms with Gasteiger partial charge in [-0.05, 0) is 38.5 Å². The number of anilines is 1. The van der Waals surface area contributed by atoms with Crippen LogP contribution in [-0.2, 0) is 16.1 Å². The molecule has 2 atom stereocenters. The summed E-state index contributed by atoms with van der Waals surface area (Å²) in [6.07, 6.45) is 0.559. The van der Waals surface area contributed by atoms with Gasteiger partial charge in [-0.25, -0.2) is 0 Å². The minimum atomic E-state index is -0.315. The smallest absolute Gasteiger partial charge is 0.228 e. The quantitative estimate of drug-likeness (QED) is 0.734. The number of ether oxygens (including phenoxy) is 2. The second kappa shape index (κ2) is 8.78. The molecule has 2 aromatic carbocycles. The van der Waals surface area contributed by atoms with Crippen molar-refractivity contribution in [2.75, 3.05) is 12.4 Å². The summed E-state index contributed by atoms with van der Waals surface area (Å²) in [4.78, 5) is 24.9. The summed E-state index contributed by atoms with van der Waals surface area (Å²) in [5.74, 6) is 0.478. The highest BCUT2D eigenvalue weighted by Gasteiger charge is 2.48. The van der Waals surface area contributed by atoms with Crippen LogP contribution in [0.4, 0.5) is 5.69 Å². The molecular weight excluding hydrogens is 356 g/mol. The molecule has 148 valence electrons. The first kappa shape index (κ1) is 19.7. The van der Waals surface area contributed by atoms with Gasteiger partial charge in [-0.3, -0.25) is 9.59 Å². The molecule has 6 heteroatoms. The van der Waals surface area contributed by atoms with Crippen LogP contribution < -0.4 is 20.1 Å². The van der Waals surface area contributed by atoms with E-state index < -0.39 is 0 Å². The van der Waals surface area contributed by atoms with Gasteiger partial charge in [0.05, 0.1) is 30.7 Å². The van der Waals surface area contributed by atoms with E-state index in [1.807, 2.05) is 56.3 Å². The third-order valence-corrected chi connectivity index (χ3v) is 4.62. The Morgan fingerprint density at radius 1 is 1.00 bits per heavy atom. The van der Waals surface area contributed by atoms with E-state index in [-0.39, 0.29) is 29.8 Å². The molecule has 0 bridgehead atoms. The van der Waals surface area contributed by atoms with Crippen LogP contribution in [0.2, 0.25) is 0 Å². The van der Waals surface area contributed by atoms with Crippen molar-refractivity contribution in [3.05, 3.63) is 54.1 Å². The number of carbonyl (C=O) groups excluding carboxylic acids is 2. The number of hydrogen-bond acceptors (Lipinski definition) is 4. The summed E-state index contributed by atoms with van der Waals surface area (Å²) < 4.78 is 11.0. The van der Waals surface area contributed by atoms with E-state index >= 15 is 0 Å². The molecule has 2 amide bonds. The number of para-hydroxylation sites is 3. The van der Waals surface area contributed by atoms with Crippen LogP contribution in [0.25, 0.3) is 0 Å². The average molecular weight is 382 g/mol. The van der Waals surface area contributed by atoms with Gasteiger partial charge in [0.25, 0.3) is 0 Å². The van der Waals surface area contributed by atoms with Crippen LogP contribution in [0.3, 0.4) is 0 Å². The van der Waals surface area contributed by atoms with Crippen molar-refractivity contribution in [1.82, 2.24) is 5.32 Å². The molecule has 1 aliphatic rings. The Kier molecular flexibility index (Phi) is 6.19. The number of benzene rings is 2. The first-order valence-corrected chi connectivity index (χ1v) is 9.45. The van der Waals surface area contributed by atoms with Crippen molar-refractivity contribution in [2.45, 2.75) is 32.9 Å². The maximum atomic E-state index is 12.5. The van der Waals surface area contributed by atoms with Crippen molar-refractivity contribution in [2.24, 2.45) is 11.8 Å². The number of carbonyl (C=O) groups is 2. The fraction of sp³-hybridized carbons (Fsp3) is 0.364. The van der Waals surface area contributed by atoms with Gasteiger partial charge in [0.2, 0.25) is 11.8 Å². The SMILES string of the molecule is COc1ccccc1CNC(=O)C1CC1C(=O)Nc1ccccc1OC(C)C. The fourth-order valence-electron chi connectivity index (χ4n) is 3.09.